The van der Waals surface area contributed by atoms with Gasteiger partial charge in [0.2, 0.25) is 0 Å². The van der Waals surface area contributed by atoms with Gasteiger partial charge in [0.25, 0.3) is 0 Å². The molecule has 0 heterocycles. The predicted molar refractivity (Wildman–Crippen MR) is 86.1 cm³/mol. The molecular formula is C17H27N3. The molecule has 0 aromatic heterocycles. The van der Waals surface area contributed by atoms with Gasteiger partial charge < -0.3 is 11.1 Å². The number of rotatable bonds is 4. The summed E-state index contributed by atoms with van der Waals surface area (Å²) in [7, 11) is 0. The van der Waals surface area contributed by atoms with E-state index in [2.05, 4.69) is 42.4 Å². The lowest BCUT2D eigenvalue weighted by molar-refractivity contribution is 0.412. The largest absolute Gasteiger partial charge is 0.370 e. The molecule has 3 heteroatoms. The molecule has 1 aliphatic carbocycles. The van der Waals surface area contributed by atoms with Crippen LogP contribution in [-0.4, -0.2) is 18.5 Å². The normalized spacial score (nSPS) is 17.2. The zero-order valence-corrected chi connectivity index (χ0v) is 12.8. The van der Waals surface area contributed by atoms with Gasteiger partial charge in [0.1, 0.15) is 0 Å². The molecule has 2 rings (SSSR count). The van der Waals surface area contributed by atoms with E-state index in [9.17, 15) is 0 Å². The van der Waals surface area contributed by atoms with Crippen molar-refractivity contribution in [3.63, 3.8) is 0 Å². The van der Waals surface area contributed by atoms with Crippen molar-refractivity contribution >= 4 is 5.96 Å². The van der Waals surface area contributed by atoms with Crippen molar-refractivity contribution in [2.75, 3.05) is 6.54 Å². The second-order valence-electron chi connectivity index (χ2n) is 5.99. The Balaban J connectivity index is 1.79. The average Bonchev–Trinajstić information content (AvgIpc) is 2.38. The SMILES string of the molecule is Cc1cc(C)cc(CCN=C(N)NC2CCCCC2)c1. The van der Waals surface area contributed by atoms with Crippen molar-refractivity contribution in [2.24, 2.45) is 10.7 Å². The minimum Gasteiger partial charge on any atom is -0.370 e. The second-order valence-corrected chi connectivity index (χ2v) is 5.99. The van der Waals surface area contributed by atoms with E-state index in [1.54, 1.807) is 0 Å². The van der Waals surface area contributed by atoms with Crippen LogP contribution in [0.4, 0.5) is 0 Å². The third kappa shape index (κ3) is 4.87. The maximum absolute atomic E-state index is 5.97. The molecular weight excluding hydrogens is 246 g/mol. The maximum Gasteiger partial charge on any atom is 0.188 e. The highest BCUT2D eigenvalue weighted by Gasteiger charge is 2.13. The van der Waals surface area contributed by atoms with E-state index in [0.29, 0.717) is 12.0 Å². The van der Waals surface area contributed by atoms with Crippen molar-refractivity contribution < 1.29 is 0 Å². The summed E-state index contributed by atoms with van der Waals surface area (Å²) in [6, 6.07) is 7.19. The van der Waals surface area contributed by atoms with Gasteiger partial charge in [-0.25, -0.2) is 0 Å². The van der Waals surface area contributed by atoms with Crippen LogP contribution in [-0.2, 0) is 6.42 Å². The average molecular weight is 273 g/mol. The first-order valence-corrected chi connectivity index (χ1v) is 7.77. The Morgan fingerprint density at radius 3 is 2.45 bits per heavy atom. The van der Waals surface area contributed by atoms with Gasteiger partial charge in [0.05, 0.1) is 0 Å². The van der Waals surface area contributed by atoms with E-state index in [1.807, 2.05) is 0 Å². The number of aryl methyl sites for hydroxylation is 2. The molecule has 0 radical (unpaired) electrons. The number of guanidine groups is 1. The first kappa shape index (κ1) is 14.9. The molecule has 1 fully saturated rings. The van der Waals surface area contributed by atoms with Gasteiger partial charge in [0.15, 0.2) is 5.96 Å². The van der Waals surface area contributed by atoms with Crippen LogP contribution in [0.25, 0.3) is 0 Å². The van der Waals surface area contributed by atoms with Crippen LogP contribution >= 0.6 is 0 Å². The molecule has 20 heavy (non-hydrogen) atoms. The van der Waals surface area contributed by atoms with E-state index in [1.165, 1.54) is 48.8 Å². The number of nitrogens with one attached hydrogen (secondary N) is 1. The quantitative estimate of drug-likeness (QED) is 0.654. The second kappa shape index (κ2) is 7.32. The van der Waals surface area contributed by atoms with Gasteiger partial charge in [-0.3, -0.25) is 4.99 Å². The molecule has 1 saturated carbocycles. The smallest absolute Gasteiger partial charge is 0.188 e. The Labute approximate surface area is 122 Å². The molecule has 0 saturated heterocycles. The highest BCUT2D eigenvalue weighted by molar-refractivity contribution is 5.78. The summed E-state index contributed by atoms with van der Waals surface area (Å²) in [6.45, 7) is 5.03. The zero-order chi connectivity index (χ0) is 14.4. The summed E-state index contributed by atoms with van der Waals surface area (Å²) in [5, 5.41) is 3.36. The molecule has 1 aromatic carbocycles. The Hall–Kier alpha value is -1.51. The first-order chi connectivity index (χ1) is 9.63. The Morgan fingerprint density at radius 2 is 1.80 bits per heavy atom. The van der Waals surface area contributed by atoms with Crippen molar-refractivity contribution in [1.82, 2.24) is 5.32 Å². The lowest BCUT2D eigenvalue weighted by Gasteiger charge is -2.23. The summed E-state index contributed by atoms with van der Waals surface area (Å²) >= 11 is 0. The molecule has 0 amide bonds. The highest BCUT2D eigenvalue weighted by Crippen LogP contribution is 2.17. The topological polar surface area (TPSA) is 50.4 Å². The van der Waals surface area contributed by atoms with Crippen molar-refractivity contribution in [2.45, 2.75) is 58.4 Å². The summed E-state index contributed by atoms with van der Waals surface area (Å²) in [5.41, 5.74) is 9.95. The van der Waals surface area contributed by atoms with Crippen molar-refractivity contribution in [1.29, 1.82) is 0 Å². The lowest BCUT2D eigenvalue weighted by atomic mass is 9.96. The highest BCUT2D eigenvalue weighted by atomic mass is 15.1. The number of benzene rings is 1. The van der Waals surface area contributed by atoms with Gasteiger partial charge in [-0.05, 0) is 38.7 Å². The number of nitrogens with zero attached hydrogens (tertiary/aromatic N) is 1. The molecule has 0 aliphatic heterocycles. The summed E-state index contributed by atoms with van der Waals surface area (Å²) in [4.78, 5) is 4.46. The minimum absolute atomic E-state index is 0.536. The maximum atomic E-state index is 5.97. The van der Waals surface area contributed by atoms with Gasteiger partial charge in [0, 0.05) is 12.6 Å². The Morgan fingerprint density at radius 1 is 1.15 bits per heavy atom. The van der Waals surface area contributed by atoms with Crippen LogP contribution in [0.5, 0.6) is 0 Å². The van der Waals surface area contributed by atoms with Crippen LogP contribution < -0.4 is 11.1 Å². The van der Waals surface area contributed by atoms with Crippen LogP contribution in [0.1, 0.15) is 48.8 Å². The fourth-order valence-electron chi connectivity index (χ4n) is 3.02. The molecule has 0 bridgehead atoms. The van der Waals surface area contributed by atoms with Gasteiger partial charge in [-0.1, -0.05) is 48.6 Å². The van der Waals surface area contributed by atoms with E-state index < -0.39 is 0 Å². The zero-order valence-electron chi connectivity index (χ0n) is 12.8. The van der Waals surface area contributed by atoms with Crippen molar-refractivity contribution in [3.8, 4) is 0 Å². The van der Waals surface area contributed by atoms with E-state index in [0.717, 1.165) is 13.0 Å². The van der Waals surface area contributed by atoms with Crippen molar-refractivity contribution in [3.05, 3.63) is 34.9 Å². The lowest BCUT2D eigenvalue weighted by Crippen LogP contribution is -2.41. The molecule has 3 nitrogen and oxygen atoms in total. The van der Waals surface area contributed by atoms with Crippen LogP contribution in [0.15, 0.2) is 23.2 Å². The number of nitrogens with two attached hydrogens (primary N) is 1. The van der Waals surface area contributed by atoms with E-state index in [4.69, 9.17) is 5.73 Å². The predicted octanol–water partition coefficient (Wildman–Crippen LogP) is 3.08. The molecule has 0 unspecified atom stereocenters. The summed E-state index contributed by atoms with van der Waals surface area (Å²) < 4.78 is 0. The van der Waals surface area contributed by atoms with Gasteiger partial charge >= 0.3 is 0 Å². The molecule has 1 aromatic rings. The number of hydrogen-bond acceptors (Lipinski definition) is 1. The fraction of sp³-hybridized carbons (Fsp3) is 0.588. The third-order valence-electron chi connectivity index (χ3n) is 3.92. The molecule has 0 spiro atoms. The van der Waals surface area contributed by atoms with Crippen LogP contribution in [0, 0.1) is 13.8 Å². The molecule has 110 valence electrons. The fourth-order valence-corrected chi connectivity index (χ4v) is 3.02. The van der Waals surface area contributed by atoms with Crippen LogP contribution in [0.2, 0.25) is 0 Å². The summed E-state index contributed by atoms with van der Waals surface area (Å²) in [6.07, 6.45) is 7.40. The summed E-state index contributed by atoms with van der Waals surface area (Å²) in [5.74, 6) is 0.612. The standard InChI is InChI=1S/C17H27N3/c1-13-10-14(2)12-15(11-13)8-9-19-17(18)20-16-6-4-3-5-7-16/h10-12,16H,3-9H2,1-2H3,(H3,18,19,20). The number of aliphatic imine (C=N–C) groups is 1. The van der Waals surface area contributed by atoms with Crippen LogP contribution in [0.3, 0.4) is 0 Å². The monoisotopic (exact) mass is 273 g/mol. The third-order valence-corrected chi connectivity index (χ3v) is 3.92. The van der Waals surface area contributed by atoms with Gasteiger partial charge in [-0.15, -0.1) is 0 Å². The molecule has 1 aliphatic rings. The first-order valence-electron chi connectivity index (χ1n) is 7.77. The van der Waals surface area contributed by atoms with E-state index >= 15 is 0 Å². The number of hydrogen-bond donors (Lipinski definition) is 2. The molecule has 0 atom stereocenters. The molecule has 3 N–H and O–H groups in total. The van der Waals surface area contributed by atoms with Gasteiger partial charge in [-0.2, -0.15) is 0 Å². The Bertz CT molecular complexity index is 439. The Kier molecular flexibility index (Phi) is 5.45. The van der Waals surface area contributed by atoms with E-state index in [-0.39, 0.29) is 0 Å². The minimum atomic E-state index is 0.536.